The van der Waals surface area contributed by atoms with Gasteiger partial charge in [-0.2, -0.15) is 0 Å². The van der Waals surface area contributed by atoms with Crippen LogP contribution >= 0.6 is 31.9 Å². The molecule has 0 aromatic heterocycles. The first kappa shape index (κ1) is 16.5. The van der Waals surface area contributed by atoms with Crippen molar-refractivity contribution in [2.75, 3.05) is 4.90 Å². The fourth-order valence-corrected chi connectivity index (χ4v) is 4.04. The van der Waals surface area contributed by atoms with E-state index in [-0.39, 0.29) is 11.8 Å². The maximum Gasteiger partial charge on any atom is 0.253 e. The Labute approximate surface area is 141 Å². The summed E-state index contributed by atoms with van der Waals surface area (Å²) in [6.07, 6.45) is 1.14. The summed E-state index contributed by atoms with van der Waals surface area (Å²) < 4.78 is 1.57. The third-order valence-electron chi connectivity index (χ3n) is 4.14. The van der Waals surface area contributed by atoms with Gasteiger partial charge in [-0.15, -0.1) is 0 Å². The first-order valence-electron chi connectivity index (χ1n) is 6.97. The molecule has 6 heteroatoms. The Hall–Kier alpha value is -0.880. The van der Waals surface area contributed by atoms with Crippen LogP contribution in [0.5, 0.6) is 0 Å². The van der Waals surface area contributed by atoms with Crippen LogP contribution in [-0.2, 0) is 9.59 Å². The minimum absolute atomic E-state index is 0.0628. The first-order chi connectivity index (χ1) is 9.88. The van der Waals surface area contributed by atoms with E-state index in [0.717, 1.165) is 8.95 Å². The molecule has 0 spiro atoms. The Morgan fingerprint density at radius 3 is 2.19 bits per heavy atom. The van der Waals surface area contributed by atoms with E-state index in [2.05, 4.69) is 37.2 Å². The van der Waals surface area contributed by atoms with Crippen LogP contribution in [0.3, 0.4) is 0 Å². The molecule has 1 saturated heterocycles. The molecule has 0 saturated carbocycles. The summed E-state index contributed by atoms with van der Waals surface area (Å²) in [4.78, 5) is 27.0. The van der Waals surface area contributed by atoms with Crippen molar-refractivity contribution >= 4 is 49.4 Å². The van der Waals surface area contributed by atoms with Crippen molar-refractivity contribution < 1.29 is 9.59 Å². The van der Waals surface area contributed by atoms with Gasteiger partial charge in [0, 0.05) is 8.95 Å². The van der Waals surface area contributed by atoms with Gasteiger partial charge in [-0.25, -0.2) is 0 Å². The van der Waals surface area contributed by atoms with Crippen molar-refractivity contribution in [1.82, 2.24) is 5.32 Å². The van der Waals surface area contributed by atoms with E-state index in [1.807, 2.05) is 32.0 Å². The van der Waals surface area contributed by atoms with E-state index < -0.39 is 11.6 Å². The number of para-hydroxylation sites is 1. The molecule has 1 unspecified atom stereocenters. The lowest BCUT2D eigenvalue weighted by Gasteiger charge is -2.45. The maximum atomic E-state index is 13.0. The minimum atomic E-state index is -0.821. The Morgan fingerprint density at radius 2 is 1.71 bits per heavy atom. The van der Waals surface area contributed by atoms with Crippen LogP contribution in [0.1, 0.15) is 33.6 Å². The van der Waals surface area contributed by atoms with E-state index in [4.69, 9.17) is 0 Å². The molecular formula is C15H18Br2N2O2. The lowest BCUT2D eigenvalue weighted by Crippen LogP contribution is -2.69. The Morgan fingerprint density at radius 1 is 1.19 bits per heavy atom. The number of hydrogen-bond acceptors (Lipinski definition) is 2. The number of carbonyl (C=O) groups is 2. The SMILES string of the molecule is CCC1(CC)NC(=O)C(C)N(c2c(Br)cccc2Br)C1=O. The number of hydrogen-bond donors (Lipinski definition) is 1. The summed E-state index contributed by atoms with van der Waals surface area (Å²) in [5, 5.41) is 2.91. The number of halogens is 2. The number of amides is 2. The Kier molecular flexibility index (Phi) is 4.78. The molecule has 1 fully saturated rings. The molecule has 1 aromatic rings. The van der Waals surface area contributed by atoms with Crippen LogP contribution in [0.2, 0.25) is 0 Å². The van der Waals surface area contributed by atoms with Crippen molar-refractivity contribution in [2.45, 2.75) is 45.2 Å². The van der Waals surface area contributed by atoms with Gasteiger partial charge < -0.3 is 5.32 Å². The molecule has 0 aliphatic carbocycles. The normalized spacial score (nSPS) is 21.4. The molecule has 21 heavy (non-hydrogen) atoms. The second kappa shape index (κ2) is 6.08. The van der Waals surface area contributed by atoms with Gasteiger partial charge in [0.25, 0.3) is 5.91 Å². The Bertz CT molecular complexity index is 565. The van der Waals surface area contributed by atoms with Crippen LogP contribution in [0, 0.1) is 0 Å². The molecule has 1 atom stereocenters. The van der Waals surface area contributed by atoms with E-state index in [9.17, 15) is 9.59 Å². The zero-order valence-electron chi connectivity index (χ0n) is 12.2. The average molecular weight is 418 g/mol. The molecule has 2 amide bonds. The van der Waals surface area contributed by atoms with Crippen molar-refractivity contribution in [2.24, 2.45) is 0 Å². The number of carbonyl (C=O) groups excluding carboxylic acids is 2. The zero-order chi connectivity index (χ0) is 15.8. The molecule has 114 valence electrons. The highest BCUT2D eigenvalue weighted by Gasteiger charge is 2.48. The molecule has 1 aromatic carbocycles. The smallest absolute Gasteiger partial charge is 0.253 e. The van der Waals surface area contributed by atoms with Gasteiger partial charge in [-0.05, 0) is 63.8 Å². The topological polar surface area (TPSA) is 49.4 Å². The first-order valence-corrected chi connectivity index (χ1v) is 8.56. The number of anilines is 1. The number of benzene rings is 1. The van der Waals surface area contributed by atoms with E-state index in [0.29, 0.717) is 18.5 Å². The third kappa shape index (κ3) is 2.63. The van der Waals surface area contributed by atoms with Gasteiger partial charge in [0.05, 0.1) is 5.69 Å². The molecule has 0 radical (unpaired) electrons. The number of piperazine rings is 1. The molecule has 1 aliphatic heterocycles. The lowest BCUT2D eigenvalue weighted by atomic mass is 9.87. The lowest BCUT2D eigenvalue weighted by molar-refractivity contribution is -0.138. The molecule has 0 bridgehead atoms. The van der Waals surface area contributed by atoms with Crippen LogP contribution < -0.4 is 10.2 Å². The zero-order valence-corrected chi connectivity index (χ0v) is 15.4. The second-order valence-corrected chi connectivity index (χ2v) is 6.91. The number of nitrogens with zero attached hydrogens (tertiary/aromatic N) is 1. The largest absolute Gasteiger partial charge is 0.340 e. The number of nitrogens with one attached hydrogen (secondary N) is 1. The van der Waals surface area contributed by atoms with E-state index >= 15 is 0 Å². The summed E-state index contributed by atoms with van der Waals surface area (Å²) in [5.41, 5.74) is -0.116. The van der Waals surface area contributed by atoms with Crippen LogP contribution in [0.25, 0.3) is 0 Å². The average Bonchev–Trinajstić information content (AvgIpc) is 2.46. The highest BCUT2D eigenvalue weighted by Crippen LogP contribution is 2.38. The molecule has 2 rings (SSSR count). The monoisotopic (exact) mass is 416 g/mol. The third-order valence-corrected chi connectivity index (χ3v) is 5.42. The van der Waals surface area contributed by atoms with Crippen molar-refractivity contribution in [3.63, 3.8) is 0 Å². The number of rotatable bonds is 3. The fourth-order valence-electron chi connectivity index (χ4n) is 2.66. The van der Waals surface area contributed by atoms with Gasteiger partial charge in [-0.1, -0.05) is 19.9 Å². The maximum absolute atomic E-state index is 13.0. The Balaban J connectivity index is 2.59. The second-order valence-electron chi connectivity index (χ2n) is 5.20. The summed E-state index contributed by atoms with van der Waals surface area (Å²) >= 11 is 6.97. The standard InChI is InChI=1S/C15H18Br2N2O2/c1-4-15(5-2)14(21)19(9(3)13(20)18-15)12-10(16)7-6-8-11(12)17/h6-9H,4-5H2,1-3H3,(H,18,20). The summed E-state index contributed by atoms with van der Waals surface area (Å²) in [7, 11) is 0. The summed E-state index contributed by atoms with van der Waals surface area (Å²) in [6.45, 7) is 5.59. The molecule has 1 heterocycles. The quantitative estimate of drug-likeness (QED) is 0.816. The van der Waals surface area contributed by atoms with Crippen LogP contribution in [0.4, 0.5) is 5.69 Å². The molecule has 1 N–H and O–H groups in total. The van der Waals surface area contributed by atoms with Crippen molar-refractivity contribution in [3.05, 3.63) is 27.1 Å². The predicted molar refractivity (Wildman–Crippen MR) is 90.2 cm³/mol. The fraction of sp³-hybridized carbons (Fsp3) is 0.467. The molecule has 4 nitrogen and oxygen atoms in total. The van der Waals surface area contributed by atoms with E-state index in [1.54, 1.807) is 11.8 Å². The minimum Gasteiger partial charge on any atom is -0.340 e. The van der Waals surface area contributed by atoms with Gasteiger partial charge in [0.1, 0.15) is 11.6 Å². The van der Waals surface area contributed by atoms with Crippen molar-refractivity contribution in [3.8, 4) is 0 Å². The van der Waals surface area contributed by atoms with Gasteiger partial charge in [-0.3, -0.25) is 14.5 Å². The predicted octanol–water partition coefficient (Wildman–Crippen LogP) is 3.62. The highest BCUT2D eigenvalue weighted by atomic mass is 79.9. The van der Waals surface area contributed by atoms with Crippen LogP contribution in [0.15, 0.2) is 27.1 Å². The van der Waals surface area contributed by atoms with Gasteiger partial charge in [0.2, 0.25) is 5.91 Å². The molecular weight excluding hydrogens is 400 g/mol. The van der Waals surface area contributed by atoms with Crippen LogP contribution in [-0.4, -0.2) is 23.4 Å². The highest BCUT2D eigenvalue weighted by molar-refractivity contribution is 9.11. The van der Waals surface area contributed by atoms with Gasteiger partial charge in [0.15, 0.2) is 0 Å². The summed E-state index contributed by atoms with van der Waals surface area (Å²) in [5.74, 6) is -0.187. The molecule has 1 aliphatic rings. The van der Waals surface area contributed by atoms with E-state index in [1.165, 1.54) is 0 Å². The van der Waals surface area contributed by atoms with Gasteiger partial charge >= 0.3 is 0 Å². The summed E-state index contributed by atoms with van der Waals surface area (Å²) in [6, 6.07) is 5.07. The van der Waals surface area contributed by atoms with Crippen molar-refractivity contribution in [1.29, 1.82) is 0 Å².